The molecule has 0 saturated heterocycles. The van der Waals surface area contributed by atoms with Crippen molar-refractivity contribution in [1.29, 1.82) is 0 Å². The Hall–Kier alpha value is -1.94. The number of nitrogens with one attached hydrogen (secondary N) is 1. The summed E-state index contributed by atoms with van der Waals surface area (Å²) in [5, 5.41) is 0. The van der Waals surface area contributed by atoms with Crippen LogP contribution in [0, 0.1) is 13.8 Å². The minimum Gasteiger partial charge on any atom is -0.366 e. The number of ether oxygens (including phenoxy) is 1. The molecule has 1 heterocycles. The van der Waals surface area contributed by atoms with E-state index in [0.717, 1.165) is 11.3 Å². The number of nitrogens with zero attached hydrogens (tertiary/aromatic N) is 1. The van der Waals surface area contributed by atoms with Crippen LogP contribution < -0.4 is 5.56 Å². The highest BCUT2D eigenvalue weighted by molar-refractivity contribution is 5.24. The average Bonchev–Trinajstić information content (AvgIpc) is 2.42. The number of aromatic amines is 1. The maximum atomic E-state index is 11.8. The summed E-state index contributed by atoms with van der Waals surface area (Å²) in [5.41, 5.74) is 2.25. The highest BCUT2D eigenvalue weighted by Gasteiger charge is 2.17. The molecule has 4 heteroatoms. The SMILES string of the molecule is CCOC(c1ccccc1)c1nc(C)c(C)c(=O)[nH]1. The van der Waals surface area contributed by atoms with Gasteiger partial charge in [0.05, 0.1) is 0 Å². The summed E-state index contributed by atoms with van der Waals surface area (Å²) in [6.45, 7) is 6.08. The zero-order chi connectivity index (χ0) is 13.8. The molecular weight excluding hydrogens is 240 g/mol. The lowest BCUT2D eigenvalue weighted by Gasteiger charge is -2.17. The molecule has 4 nitrogen and oxygen atoms in total. The number of benzene rings is 1. The van der Waals surface area contributed by atoms with Crippen molar-refractivity contribution in [2.45, 2.75) is 26.9 Å². The van der Waals surface area contributed by atoms with Gasteiger partial charge < -0.3 is 9.72 Å². The van der Waals surface area contributed by atoms with Crippen molar-refractivity contribution in [2.24, 2.45) is 0 Å². The van der Waals surface area contributed by atoms with Crippen molar-refractivity contribution in [3.8, 4) is 0 Å². The summed E-state index contributed by atoms with van der Waals surface area (Å²) in [4.78, 5) is 19.1. The van der Waals surface area contributed by atoms with E-state index in [0.29, 0.717) is 18.0 Å². The first-order valence-corrected chi connectivity index (χ1v) is 6.37. The van der Waals surface area contributed by atoms with E-state index in [1.807, 2.05) is 44.2 Å². The van der Waals surface area contributed by atoms with Crippen LogP contribution in [0.1, 0.15) is 35.7 Å². The maximum Gasteiger partial charge on any atom is 0.254 e. The zero-order valence-electron chi connectivity index (χ0n) is 11.4. The van der Waals surface area contributed by atoms with Gasteiger partial charge in [-0.15, -0.1) is 0 Å². The van der Waals surface area contributed by atoms with Gasteiger partial charge in [-0.2, -0.15) is 0 Å². The normalized spacial score (nSPS) is 12.4. The fourth-order valence-corrected chi connectivity index (χ4v) is 1.92. The molecule has 100 valence electrons. The largest absolute Gasteiger partial charge is 0.366 e. The lowest BCUT2D eigenvalue weighted by Crippen LogP contribution is -2.20. The Morgan fingerprint density at radius 1 is 1.26 bits per heavy atom. The number of H-pyrrole nitrogens is 1. The maximum absolute atomic E-state index is 11.8. The van der Waals surface area contributed by atoms with Crippen LogP contribution in [0.5, 0.6) is 0 Å². The summed E-state index contributed by atoms with van der Waals surface area (Å²) in [6.07, 6.45) is -0.335. The predicted molar refractivity (Wildman–Crippen MR) is 74.2 cm³/mol. The molecule has 1 aromatic heterocycles. The van der Waals surface area contributed by atoms with Gasteiger partial charge in [0.15, 0.2) is 0 Å². The topological polar surface area (TPSA) is 55.0 Å². The number of aryl methyl sites for hydroxylation is 1. The molecule has 0 aliphatic heterocycles. The van der Waals surface area contributed by atoms with Crippen molar-refractivity contribution in [2.75, 3.05) is 6.61 Å². The predicted octanol–water partition coefficient (Wildman–Crippen LogP) is 2.51. The van der Waals surface area contributed by atoms with Gasteiger partial charge in [0.1, 0.15) is 11.9 Å². The van der Waals surface area contributed by atoms with Crippen LogP contribution in [0.2, 0.25) is 0 Å². The molecular formula is C15H18N2O2. The Morgan fingerprint density at radius 3 is 2.53 bits per heavy atom. The fraction of sp³-hybridized carbons (Fsp3) is 0.333. The quantitative estimate of drug-likeness (QED) is 0.916. The monoisotopic (exact) mass is 258 g/mol. The van der Waals surface area contributed by atoms with Gasteiger partial charge in [0.25, 0.3) is 5.56 Å². The van der Waals surface area contributed by atoms with Gasteiger partial charge in [0.2, 0.25) is 0 Å². The first kappa shape index (κ1) is 13.5. The molecule has 0 bridgehead atoms. The first-order chi connectivity index (χ1) is 9.13. The third-order valence-electron chi connectivity index (χ3n) is 3.10. The van der Waals surface area contributed by atoms with Crippen molar-refractivity contribution in [3.63, 3.8) is 0 Å². The smallest absolute Gasteiger partial charge is 0.254 e. The molecule has 0 aliphatic carbocycles. The molecule has 0 fully saturated rings. The summed E-state index contributed by atoms with van der Waals surface area (Å²) < 4.78 is 5.73. The van der Waals surface area contributed by atoms with E-state index in [1.54, 1.807) is 6.92 Å². The van der Waals surface area contributed by atoms with Gasteiger partial charge >= 0.3 is 0 Å². The number of hydrogen-bond donors (Lipinski definition) is 1. The summed E-state index contributed by atoms with van der Waals surface area (Å²) in [7, 11) is 0. The summed E-state index contributed by atoms with van der Waals surface area (Å²) in [6, 6.07) is 9.77. The van der Waals surface area contributed by atoms with Crippen LogP contribution >= 0.6 is 0 Å². The van der Waals surface area contributed by atoms with E-state index in [2.05, 4.69) is 9.97 Å². The summed E-state index contributed by atoms with van der Waals surface area (Å²) >= 11 is 0. The Morgan fingerprint density at radius 2 is 1.95 bits per heavy atom. The molecule has 1 atom stereocenters. The number of rotatable bonds is 4. The Kier molecular flexibility index (Phi) is 4.12. The van der Waals surface area contributed by atoms with E-state index in [1.165, 1.54) is 0 Å². The highest BCUT2D eigenvalue weighted by atomic mass is 16.5. The second kappa shape index (κ2) is 5.80. The molecule has 0 radical (unpaired) electrons. The van der Waals surface area contributed by atoms with Crippen molar-refractivity contribution in [3.05, 3.63) is 63.3 Å². The van der Waals surface area contributed by atoms with Gasteiger partial charge in [-0.25, -0.2) is 4.98 Å². The fourth-order valence-electron chi connectivity index (χ4n) is 1.92. The van der Waals surface area contributed by atoms with E-state index < -0.39 is 0 Å². The minimum atomic E-state index is -0.335. The Labute approximate surface area is 112 Å². The van der Waals surface area contributed by atoms with Crippen molar-refractivity contribution in [1.82, 2.24) is 9.97 Å². The average molecular weight is 258 g/mol. The first-order valence-electron chi connectivity index (χ1n) is 6.37. The molecule has 1 aromatic carbocycles. The van der Waals surface area contributed by atoms with Crippen LogP contribution in [0.4, 0.5) is 0 Å². The highest BCUT2D eigenvalue weighted by Crippen LogP contribution is 2.22. The standard InChI is InChI=1S/C15H18N2O2/c1-4-19-13(12-8-6-5-7-9-12)14-16-11(3)10(2)15(18)17-14/h5-9,13H,4H2,1-3H3,(H,16,17,18). The molecule has 2 aromatic rings. The van der Waals surface area contributed by atoms with Crippen LogP contribution in [-0.2, 0) is 4.74 Å². The third kappa shape index (κ3) is 2.90. The van der Waals surface area contributed by atoms with Gasteiger partial charge in [-0.1, -0.05) is 30.3 Å². The van der Waals surface area contributed by atoms with Crippen LogP contribution in [0.15, 0.2) is 35.1 Å². The molecule has 0 amide bonds. The van der Waals surface area contributed by atoms with Gasteiger partial charge in [-0.05, 0) is 26.3 Å². The lowest BCUT2D eigenvalue weighted by atomic mass is 10.1. The molecule has 1 N–H and O–H groups in total. The van der Waals surface area contributed by atoms with E-state index in [-0.39, 0.29) is 11.7 Å². The number of hydrogen-bond acceptors (Lipinski definition) is 3. The van der Waals surface area contributed by atoms with E-state index >= 15 is 0 Å². The third-order valence-corrected chi connectivity index (χ3v) is 3.10. The molecule has 2 rings (SSSR count). The molecule has 0 aliphatic rings. The van der Waals surface area contributed by atoms with Gasteiger partial charge in [-0.3, -0.25) is 4.79 Å². The van der Waals surface area contributed by atoms with E-state index in [9.17, 15) is 4.79 Å². The van der Waals surface area contributed by atoms with Crippen molar-refractivity contribution >= 4 is 0 Å². The number of aromatic nitrogens is 2. The van der Waals surface area contributed by atoms with Crippen molar-refractivity contribution < 1.29 is 4.74 Å². The van der Waals surface area contributed by atoms with Crippen LogP contribution in [0.25, 0.3) is 0 Å². The van der Waals surface area contributed by atoms with Crippen LogP contribution in [0.3, 0.4) is 0 Å². The van der Waals surface area contributed by atoms with Crippen LogP contribution in [-0.4, -0.2) is 16.6 Å². The second-order valence-corrected chi connectivity index (χ2v) is 4.41. The molecule has 0 saturated carbocycles. The Balaban J connectivity index is 2.48. The second-order valence-electron chi connectivity index (χ2n) is 4.41. The summed E-state index contributed by atoms with van der Waals surface area (Å²) in [5.74, 6) is 0.557. The van der Waals surface area contributed by atoms with Gasteiger partial charge in [0, 0.05) is 17.9 Å². The molecule has 1 unspecified atom stereocenters. The van der Waals surface area contributed by atoms with E-state index in [4.69, 9.17) is 4.74 Å². The zero-order valence-corrected chi connectivity index (χ0v) is 11.4. The Bertz CT molecular complexity index is 605. The lowest BCUT2D eigenvalue weighted by molar-refractivity contribution is 0.0848. The molecule has 19 heavy (non-hydrogen) atoms. The minimum absolute atomic E-state index is 0.108. The molecule has 0 spiro atoms.